The van der Waals surface area contributed by atoms with Gasteiger partial charge in [0.15, 0.2) is 15.8 Å². The molecular weight excluding hydrogens is 622 g/mol. The quantitative estimate of drug-likeness (QED) is 0.0421. The molecule has 0 aliphatic carbocycles. The number of hydrogen-bond acceptors (Lipinski definition) is 10. The fraction of sp³-hybridized carbons (Fsp3) is 0.250. The first-order chi connectivity index (χ1) is 21.4. The van der Waals surface area contributed by atoms with Crippen LogP contribution in [0.3, 0.4) is 0 Å². The minimum Gasteiger partial charge on any atom is -0.507 e. The standard InChI is InChI=1S/C32H30ClN3O6S2/c1-4-5-16-42-22-13-10-19(11-14-22)28(37)26-27(20-12-15-24(40-2)25(17-20)41-3)36(30(39)29(26)38)31-34-35-32(44-31)43-18-21-8-6-7-9-23(21)33/h6-15,17,27,37H,4-5,16,18H2,1-3H3/t27-/m0/s1. The number of hydrogen-bond donors (Lipinski definition) is 1. The lowest BCUT2D eigenvalue weighted by atomic mass is 9.95. The number of aliphatic hydroxyl groups is 1. The van der Waals surface area contributed by atoms with Gasteiger partial charge in [0.2, 0.25) is 5.13 Å². The van der Waals surface area contributed by atoms with Gasteiger partial charge in [0, 0.05) is 16.3 Å². The summed E-state index contributed by atoms with van der Waals surface area (Å²) in [5.74, 6) is 0.0741. The number of carbonyl (C=O) groups excluding carboxylic acids is 2. The highest BCUT2D eigenvalue weighted by Gasteiger charge is 2.48. The minimum absolute atomic E-state index is 0.0812. The third-order valence-corrected chi connectivity index (χ3v) is 9.45. The van der Waals surface area contributed by atoms with Gasteiger partial charge in [-0.1, -0.05) is 72.3 Å². The molecule has 1 saturated heterocycles. The van der Waals surface area contributed by atoms with Crippen molar-refractivity contribution in [2.45, 2.75) is 35.9 Å². The summed E-state index contributed by atoms with van der Waals surface area (Å²) >= 11 is 8.90. The molecule has 12 heteroatoms. The van der Waals surface area contributed by atoms with Crippen molar-refractivity contribution in [3.63, 3.8) is 0 Å². The van der Waals surface area contributed by atoms with Crippen LogP contribution in [0.5, 0.6) is 17.2 Å². The van der Waals surface area contributed by atoms with E-state index in [1.165, 1.54) is 42.2 Å². The van der Waals surface area contributed by atoms with E-state index in [-0.39, 0.29) is 16.5 Å². The third-order valence-electron chi connectivity index (χ3n) is 6.97. The summed E-state index contributed by atoms with van der Waals surface area (Å²) in [6, 6.07) is 18.3. The highest BCUT2D eigenvalue weighted by atomic mass is 35.5. The van der Waals surface area contributed by atoms with E-state index in [1.807, 2.05) is 24.3 Å². The molecule has 1 amide bonds. The van der Waals surface area contributed by atoms with Gasteiger partial charge in [-0.3, -0.25) is 14.5 Å². The number of carbonyl (C=O) groups is 2. The number of ketones is 1. The molecule has 1 N–H and O–H groups in total. The first-order valence-corrected chi connectivity index (χ1v) is 16.0. The average Bonchev–Trinajstić information content (AvgIpc) is 3.62. The van der Waals surface area contributed by atoms with Crippen LogP contribution < -0.4 is 19.1 Å². The van der Waals surface area contributed by atoms with Gasteiger partial charge in [-0.2, -0.15) is 0 Å². The lowest BCUT2D eigenvalue weighted by Gasteiger charge is -2.23. The highest BCUT2D eigenvalue weighted by Crippen LogP contribution is 2.45. The van der Waals surface area contributed by atoms with Crippen molar-refractivity contribution in [1.29, 1.82) is 0 Å². The van der Waals surface area contributed by atoms with Crippen LogP contribution >= 0.6 is 34.7 Å². The van der Waals surface area contributed by atoms with E-state index < -0.39 is 17.7 Å². The van der Waals surface area contributed by atoms with E-state index in [0.29, 0.717) is 50.1 Å². The Kier molecular flexibility index (Phi) is 10.1. The maximum Gasteiger partial charge on any atom is 0.301 e. The maximum atomic E-state index is 13.6. The van der Waals surface area contributed by atoms with Gasteiger partial charge in [0.25, 0.3) is 5.78 Å². The van der Waals surface area contributed by atoms with Crippen molar-refractivity contribution in [3.8, 4) is 17.2 Å². The van der Waals surface area contributed by atoms with Crippen LogP contribution in [0.25, 0.3) is 5.76 Å². The number of thioether (sulfide) groups is 1. The molecule has 0 spiro atoms. The van der Waals surface area contributed by atoms with Crippen LogP contribution in [0.2, 0.25) is 5.02 Å². The molecule has 1 aromatic heterocycles. The summed E-state index contributed by atoms with van der Waals surface area (Å²) in [6.07, 6.45) is 1.92. The topological polar surface area (TPSA) is 111 Å². The van der Waals surface area contributed by atoms with Crippen molar-refractivity contribution in [3.05, 3.63) is 94.0 Å². The zero-order chi connectivity index (χ0) is 31.2. The number of aliphatic hydroxyl groups excluding tert-OH is 1. The number of ether oxygens (including phenoxy) is 3. The van der Waals surface area contributed by atoms with Crippen LogP contribution in [-0.2, 0) is 15.3 Å². The number of amides is 1. The predicted molar refractivity (Wildman–Crippen MR) is 172 cm³/mol. The van der Waals surface area contributed by atoms with Crippen LogP contribution in [0, 0.1) is 0 Å². The highest BCUT2D eigenvalue weighted by molar-refractivity contribution is 8.00. The van der Waals surface area contributed by atoms with Crippen LogP contribution in [0.1, 0.15) is 42.5 Å². The summed E-state index contributed by atoms with van der Waals surface area (Å²) in [4.78, 5) is 28.5. The lowest BCUT2D eigenvalue weighted by Crippen LogP contribution is -2.29. The van der Waals surface area contributed by atoms with E-state index in [2.05, 4.69) is 17.1 Å². The summed E-state index contributed by atoms with van der Waals surface area (Å²) in [7, 11) is 3.01. The normalized spacial score (nSPS) is 15.9. The van der Waals surface area contributed by atoms with E-state index in [1.54, 1.807) is 42.5 Å². The number of Topliss-reactive ketones (excluding diaryl/α,β-unsaturated/α-hetero) is 1. The van der Waals surface area contributed by atoms with Gasteiger partial charge < -0.3 is 19.3 Å². The number of nitrogens with zero attached hydrogens (tertiary/aromatic N) is 3. The Balaban J connectivity index is 1.54. The summed E-state index contributed by atoms with van der Waals surface area (Å²) in [6.45, 7) is 2.66. The largest absolute Gasteiger partial charge is 0.507 e. The molecule has 228 valence electrons. The summed E-state index contributed by atoms with van der Waals surface area (Å²) in [5, 5.41) is 20.9. The van der Waals surface area contributed by atoms with Crippen molar-refractivity contribution >= 4 is 57.3 Å². The first-order valence-electron chi connectivity index (χ1n) is 13.8. The number of unbranched alkanes of at least 4 members (excludes halogenated alkanes) is 1. The van der Waals surface area contributed by atoms with Crippen molar-refractivity contribution in [1.82, 2.24) is 10.2 Å². The molecule has 0 saturated carbocycles. The zero-order valence-electron chi connectivity index (χ0n) is 24.3. The zero-order valence-corrected chi connectivity index (χ0v) is 26.7. The van der Waals surface area contributed by atoms with Gasteiger partial charge in [0.05, 0.1) is 32.4 Å². The van der Waals surface area contributed by atoms with Crippen molar-refractivity contribution < 1.29 is 28.9 Å². The molecule has 0 radical (unpaired) electrons. The second-order valence-electron chi connectivity index (χ2n) is 9.74. The molecule has 3 aromatic carbocycles. The van der Waals surface area contributed by atoms with Crippen LogP contribution in [0.4, 0.5) is 5.13 Å². The number of anilines is 1. The van der Waals surface area contributed by atoms with Crippen LogP contribution in [-0.4, -0.2) is 47.8 Å². The molecule has 1 aliphatic rings. The van der Waals surface area contributed by atoms with E-state index in [9.17, 15) is 14.7 Å². The number of benzene rings is 3. The lowest BCUT2D eigenvalue weighted by molar-refractivity contribution is -0.132. The smallest absolute Gasteiger partial charge is 0.301 e. The molecule has 1 atom stereocenters. The van der Waals surface area contributed by atoms with Crippen LogP contribution in [0.15, 0.2) is 76.6 Å². The Labute approximate surface area is 268 Å². The van der Waals surface area contributed by atoms with Crippen molar-refractivity contribution in [2.24, 2.45) is 0 Å². The molecule has 0 unspecified atom stereocenters. The number of aromatic nitrogens is 2. The number of halogens is 1. The van der Waals surface area contributed by atoms with Crippen molar-refractivity contribution in [2.75, 3.05) is 25.7 Å². The molecule has 44 heavy (non-hydrogen) atoms. The molecule has 9 nitrogen and oxygen atoms in total. The molecule has 5 rings (SSSR count). The number of rotatable bonds is 12. The third kappa shape index (κ3) is 6.54. The average molecular weight is 652 g/mol. The Morgan fingerprint density at radius 2 is 1.77 bits per heavy atom. The Morgan fingerprint density at radius 1 is 1.02 bits per heavy atom. The van der Waals surface area contributed by atoms with E-state index >= 15 is 0 Å². The van der Waals surface area contributed by atoms with Gasteiger partial charge in [-0.15, -0.1) is 10.2 Å². The molecule has 1 fully saturated rings. The maximum absolute atomic E-state index is 13.6. The number of methoxy groups -OCH3 is 2. The molecular formula is C32H30ClN3O6S2. The van der Waals surface area contributed by atoms with Gasteiger partial charge in [0.1, 0.15) is 11.5 Å². The molecule has 2 heterocycles. The fourth-order valence-electron chi connectivity index (χ4n) is 4.68. The molecule has 1 aliphatic heterocycles. The van der Waals surface area contributed by atoms with Gasteiger partial charge in [-0.25, -0.2) is 0 Å². The second kappa shape index (κ2) is 14.1. The Hall–Kier alpha value is -4.06. The second-order valence-corrected chi connectivity index (χ2v) is 12.3. The summed E-state index contributed by atoms with van der Waals surface area (Å²) < 4.78 is 17.2. The van der Waals surface area contributed by atoms with E-state index in [4.69, 9.17) is 25.8 Å². The SMILES string of the molecule is CCCCOc1ccc(C(O)=C2C(=O)C(=O)N(c3nnc(SCc4ccccc4Cl)s3)[C@H]2c2ccc(OC)c(OC)c2)cc1. The van der Waals surface area contributed by atoms with Gasteiger partial charge >= 0.3 is 5.91 Å². The predicted octanol–water partition coefficient (Wildman–Crippen LogP) is 7.31. The fourth-order valence-corrected chi connectivity index (χ4v) is 6.83. The Bertz CT molecular complexity index is 1690. The minimum atomic E-state index is -1.01. The van der Waals surface area contributed by atoms with Gasteiger partial charge in [-0.05, 0) is 60.0 Å². The monoisotopic (exact) mass is 651 g/mol. The molecule has 0 bridgehead atoms. The van der Waals surface area contributed by atoms with E-state index in [0.717, 1.165) is 18.4 Å². The Morgan fingerprint density at radius 3 is 2.48 bits per heavy atom. The summed E-state index contributed by atoms with van der Waals surface area (Å²) in [5.41, 5.74) is 1.73. The molecule has 4 aromatic rings. The first kappa shape index (κ1) is 31.4.